The van der Waals surface area contributed by atoms with Crippen molar-refractivity contribution in [2.45, 2.75) is 30.7 Å². The molecule has 0 aliphatic heterocycles. The van der Waals surface area contributed by atoms with Gasteiger partial charge in [-0.05, 0) is 28.4 Å². The molecule has 3 N–H and O–H groups in total. The Labute approximate surface area is 110 Å². The topological polar surface area (TPSA) is 85.1 Å². The van der Waals surface area contributed by atoms with Gasteiger partial charge in [0.1, 0.15) is 4.90 Å². The van der Waals surface area contributed by atoms with Crippen molar-refractivity contribution in [1.29, 1.82) is 0 Å². The highest BCUT2D eigenvalue weighted by Crippen LogP contribution is 2.14. The molecule has 1 aromatic rings. The van der Waals surface area contributed by atoms with Crippen LogP contribution in [0, 0.1) is 0 Å². The molecule has 0 fully saturated rings. The van der Waals surface area contributed by atoms with Crippen LogP contribution in [0.2, 0.25) is 0 Å². The van der Waals surface area contributed by atoms with Crippen molar-refractivity contribution in [1.82, 2.24) is 9.71 Å². The van der Waals surface area contributed by atoms with Crippen LogP contribution in [0.3, 0.4) is 0 Å². The van der Waals surface area contributed by atoms with Crippen LogP contribution in [0.1, 0.15) is 19.8 Å². The van der Waals surface area contributed by atoms with Gasteiger partial charge in [-0.2, -0.15) is 0 Å². The summed E-state index contributed by atoms with van der Waals surface area (Å²) >= 11 is 3.19. The SMILES string of the molecule is CCCC(CN)NS(=O)(=O)c1cncc(Br)c1. The van der Waals surface area contributed by atoms with Crippen LogP contribution in [0.5, 0.6) is 0 Å². The Balaban J connectivity index is 2.88. The first-order valence-corrected chi connectivity index (χ1v) is 7.60. The van der Waals surface area contributed by atoms with E-state index in [4.69, 9.17) is 5.73 Å². The molecule has 5 nitrogen and oxygen atoms in total. The first-order valence-electron chi connectivity index (χ1n) is 5.32. The molecule has 0 saturated carbocycles. The monoisotopic (exact) mass is 321 g/mol. The van der Waals surface area contributed by atoms with E-state index in [2.05, 4.69) is 25.6 Å². The zero-order valence-electron chi connectivity index (χ0n) is 9.56. The zero-order valence-corrected chi connectivity index (χ0v) is 12.0. The molecule has 1 rings (SSSR count). The van der Waals surface area contributed by atoms with Crippen LogP contribution in [-0.2, 0) is 10.0 Å². The van der Waals surface area contributed by atoms with Crippen LogP contribution < -0.4 is 10.5 Å². The fraction of sp³-hybridized carbons (Fsp3) is 0.500. The van der Waals surface area contributed by atoms with Gasteiger partial charge in [-0.15, -0.1) is 0 Å². The number of pyridine rings is 1. The summed E-state index contributed by atoms with van der Waals surface area (Å²) in [4.78, 5) is 3.97. The molecule has 0 aromatic carbocycles. The molecule has 1 unspecified atom stereocenters. The Morgan fingerprint density at radius 2 is 2.24 bits per heavy atom. The highest BCUT2D eigenvalue weighted by molar-refractivity contribution is 9.10. The van der Waals surface area contributed by atoms with E-state index in [1.165, 1.54) is 18.5 Å². The molecule has 1 heterocycles. The van der Waals surface area contributed by atoms with Crippen molar-refractivity contribution in [3.8, 4) is 0 Å². The van der Waals surface area contributed by atoms with E-state index >= 15 is 0 Å². The summed E-state index contributed by atoms with van der Waals surface area (Å²) in [6, 6.07) is 1.28. The summed E-state index contributed by atoms with van der Waals surface area (Å²) in [7, 11) is -3.54. The highest BCUT2D eigenvalue weighted by atomic mass is 79.9. The second kappa shape index (κ2) is 6.44. The van der Waals surface area contributed by atoms with Gasteiger partial charge in [-0.3, -0.25) is 4.98 Å². The standard InChI is InChI=1S/C10H16BrN3O2S/c1-2-3-9(5-12)14-17(15,16)10-4-8(11)6-13-7-10/h4,6-7,9,14H,2-3,5,12H2,1H3. The molecule has 1 aromatic heterocycles. The Hall–Kier alpha value is -0.500. The molecule has 1 atom stereocenters. The summed E-state index contributed by atoms with van der Waals surface area (Å²) in [5.41, 5.74) is 5.52. The van der Waals surface area contributed by atoms with E-state index in [0.717, 1.165) is 12.8 Å². The molecule has 0 aliphatic carbocycles. The van der Waals surface area contributed by atoms with E-state index in [1.807, 2.05) is 6.92 Å². The Morgan fingerprint density at radius 1 is 1.53 bits per heavy atom. The number of hydrogen-bond acceptors (Lipinski definition) is 4. The van der Waals surface area contributed by atoms with Crippen molar-refractivity contribution in [3.05, 3.63) is 22.9 Å². The van der Waals surface area contributed by atoms with E-state index in [1.54, 1.807) is 0 Å². The fourth-order valence-electron chi connectivity index (χ4n) is 1.40. The molecular formula is C10H16BrN3O2S. The molecule has 0 amide bonds. The third kappa shape index (κ3) is 4.34. The highest BCUT2D eigenvalue weighted by Gasteiger charge is 2.19. The van der Waals surface area contributed by atoms with Gasteiger partial charge in [-0.25, -0.2) is 13.1 Å². The van der Waals surface area contributed by atoms with Crippen LogP contribution in [0.15, 0.2) is 27.8 Å². The third-order valence-corrected chi connectivity index (χ3v) is 4.15. The predicted molar refractivity (Wildman–Crippen MR) is 70.0 cm³/mol. The van der Waals surface area contributed by atoms with Gasteiger partial charge in [0.15, 0.2) is 0 Å². The lowest BCUT2D eigenvalue weighted by Gasteiger charge is -2.15. The summed E-state index contributed by atoms with van der Waals surface area (Å²) < 4.78 is 27.2. The van der Waals surface area contributed by atoms with Gasteiger partial charge in [0, 0.05) is 29.5 Å². The normalized spacial score (nSPS) is 13.6. The van der Waals surface area contributed by atoms with Gasteiger partial charge in [0.25, 0.3) is 0 Å². The smallest absolute Gasteiger partial charge is 0.242 e. The second-order valence-corrected chi connectivity index (χ2v) is 6.31. The molecular weight excluding hydrogens is 306 g/mol. The van der Waals surface area contributed by atoms with Crippen molar-refractivity contribution in [2.24, 2.45) is 5.73 Å². The average Bonchev–Trinajstić information content (AvgIpc) is 2.28. The van der Waals surface area contributed by atoms with Crippen LogP contribution in [-0.4, -0.2) is 26.0 Å². The lowest BCUT2D eigenvalue weighted by molar-refractivity contribution is 0.527. The summed E-state index contributed by atoms with van der Waals surface area (Å²) in [6.07, 6.45) is 4.44. The first kappa shape index (κ1) is 14.6. The molecule has 0 spiro atoms. The minimum absolute atomic E-state index is 0.140. The first-order chi connectivity index (χ1) is 7.99. The second-order valence-electron chi connectivity index (χ2n) is 3.68. The molecule has 7 heteroatoms. The number of nitrogens with one attached hydrogen (secondary N) is 1. The zero-order chi connectivity index (χ0) is 12.9. The number of nitrogens with two attached hydrogens (primary N) is 1. The molecule has 17 heavy (non-hydrogen) atoms. The number of rotatable bonds is 6. The number of nitrogens with zero attached hydrogens (tertiary/aromatic N) is 1. The number of hydrogen-bond donors (Lipinski definition) is 2. The molecule has 0 radical (unpaired) electrons. The quantitative estimate of drug-likeness (QED) is 0.825. The lowest BCUT2D eigenvalue weighted by Crippen LogP contribution is -2.40. The number of sulfonamides is 1. The fourth-order valence-corrected chi connectivity index (χ4v) is 3.19. The van der Waals surface area contributed by atoms with Crippen molar-refractivity contribution in [3.63, 3.8) is 0 Å². The van der Waals surface area contributed by atoms with Gasteiger partial charge < -0.3 is 5.73 Å². The molecule has 0 bridgehead atoms. The summed E-state index contributed by atoms with van der Waals surface area (Å²) in [5, 5.41) is 0. The Bertz CT molecular complexity index is 464. The van der Waals surface area contributed by atoms with Gasteiger partial charge in [0.2, 0.25) is 10.0 Å². The van der Waals surface area contributed by atoms with Crippen molar-refractivity contribution in [2.75, 3.05) is 6.54 Å². The Kier molecular flexibility index (Phi) is 5.51. The van der Waals surface area contributed by atoms with E-state index < -0.39 is 10.0 Å². The number of aromatic nitrogens is 1. The van der Waals surface area contributed by atoms with Crippen LogP contribution in [0.4, 0.5) is 0 Å². The average molecular weight is 322 g/mol. The van der Waals surface area contributed by atoms with Gasteiger partial charge >= 0.3 is 0 Å². The van der Waals surface area contributed by atoms with Gasteiger partial charge in [-0.1, -0.05) is 13.3 Å². The molecule has 96 valence electrons. The lowest BCUT2D eigenvalue weighted by atomic mass is 10.2. The van der Waals surface area contributed by atoms with Gasteiger partial charge in [0.05, 0.1) is 0 Å². The minimum Gasteiger partial charge on any atom is -0.329 e. The maximum Gasteiger partial charge on any atom is 0.242 e. The van der Waals surface area contributed by atoms with Crippen LogP contribution >= 0.6 is 15.9 Å². The number of halogens is 1. The Morgan fingerprint density at radius 3 is 2.76 bits per heavy atom. The van der Waals surface area contributed by atoms with Crippen molar-refractivity contribution < 1.29 is 8.42 Å². The minimum atomic E-state index is -3.54. The summed E-state index contributed by atoms with van der Waals surface area (Å²) in [5.74, 6) is 0. The maximum atomic E-state index is 12.0. The van der Waals surface area contributed by atoms with E-state index in [0.29, 0.717) is 4.47 Å². The molecule has 0 aliphatic rings. The van der Waals surface area contributed by atoms with E-state index in [-0.39, 0.29) is 17.5 Å². The summed E-state index contributed by atoms with van der Waals surface area (Å²) in [6.45, 7) is 2.27. The van der Waals surface area contributed by atoms with Crippen LogP contribution in [0.25, 0.3) is 0 Å². The largest absolute Gasteiger partial charge is 0.329 e. The van der Waals surface area contributed by atoms with E-state index in [9.17, 15) is 8.42 Å². The predicted octanol–water partition coefficient (Wildman–Crippen LogP) is 1.25. The van der Waals surface area contributed by atoms with Crippen molar-refractivity contribution >= 4 is 26.0 Å². The molecule has 0 saturated heterocycles. The maximum absolute atomic E-state index is 12.0. The third-order valence-electron chi connectivity index (χ3n) is 2.23.